The van der Waals surface area contributed by atoms with Gasteiger partial charge in [-0.25, -0.2) is 0 Å². The summed E-state index contributed by atoms with van der Waals surface area (Å²) >= 11 is 0. The number of hydrogen-bond acceptors (Lipinski definition) is 3. The van der Waals surface area contributed by atoms with Crippen LogP contribution in [0.4, 0.5) is 11.4 Å². The Morgan fingerprint density at radius 1 is 0.667 bits per heavy atom. The van der Waals surface area contributed by atoms with E-state index >= 15 is 0 Å². The molecule has 5 aromatic rings. The second kappa shape index (κ2) is 8.30. The number of anilines is 2. The summed E-state index contributed by atoms with van der Waals surface area (Å²) in [5.74, 6) is 0. The van der Waals surface area contributed by atoms with Crippen LogP contribution in [0.3, 0.4) is 0 Å². The van der Waals surface area contributed by atoms with Gasteiger partial charge in [0.25, 0.3) is 0 Å². The van der Waals surface area contributed by atoms with E-state index in [0.717, 1.165) is 27.6 Å². The number of para-hydroxylation sites is 2. The van der Waals surface area contributed by atoms with Gasteiger partial charge in [-0.2, -0.15) is 0 Å². The Balaban J connectivity index is 1.69. The Morgan fingerprint density at radius 2 is 1.31 bits per heavy atom. The van der Waals surface area contributed by atoms with Gasteiger partial charge < -0.3 is 14.2 Å². The summed E-state index contributed by atoms with van der Waals surface area (Å²) in [7, 11) is 0. The molecule has 0 saturated heterocycles. The minimum atomic E-state index is -0.0751. The van der Waals surface area contributed by atoms with Gasteiger partial charge in [0.15, 0.2) is 5.58 Å². The Bertz CT molecular complexity index is 1590. The van der Waals surface area contributed by atoms with Crippen molar-refractivity contribution in [2.24, 2.45) is 5.41 Å². The maximum atomic E-state index is 6.59. The smallest absolute Gasteiger partial charge is 0.159 e. The highest BCUT2D eigenvalue weighted by molar-refractivity contribution is 6.10. The minimum Gasteiger partial charge on any atom is -0.454 e. The first-order chi connectivity index (χ1) is 17.4. The summed E-state index contributed by atoms with van der Waals surface area (Å²) in [4.78, 5) is 5.04. The van der Waals surface area contributed by atoms with Crippen molar-refractivity contribution in [2.45, 2.75) is 40.8 Å². The fraction of sp³-hybridized carbons (Fsp3) is 0.212. The zero-order chi connectivity index (χ0) is 25.0. The largest absolute Gasteiger partial charge is 0.454 e. The maximum absolute atomic E-state index is 6.59. The van der Waals surface area contributed by atoms with Gasteiger partial charge in [-0.1, -0.05) is 99.6 Å². The first-order valence-electron chi connectivity index (χ1n) is 12.7. The Morgan fingerprint density at radius 3 is 2.00 bits per heavy atom. The van der Waals surface area contributed by atoms with Crippen molar-refractivity contribution in [2.75, 3.05) is 9.80 Å². The van der Waals surface area contributed by atoms with Crippen LogP contribution in [0, 0.1) is 12.3 Å². The third-order valence-electron chi connectivity index (χ3n) is 7.25. The molecule has 1 atom stereocenters. The first kappa shape index (κ1) is 22.5. The molecule has 0 fully saturated rings. The van der Waals surface area contributed by atoms with Crippen molar-refractivity contribution in [3.8, 4) is 0 Å². The molecule has 1 unspecified atom stereocenters. The standard InChI is InChI=1S/C33H32N2O/c1-22-20-21-27-26-18-12-13-19-28(26)36-31(27)29(22)34-23(2)30(24-14-8-6-9-15-24)35(32(34)33(3,4)5)25-16-10-7-11-17-25/h6-21,32H,1-5H3. The van der Waals surface area contributed by atoms with Crippen LogP contribution in [0.5, 0.6) is 0 Å². The van der Waals surface area contributed by atoms with E-state index in [1.807, 2.05) is 6.07 Å². The number of benzene rings is 4. The molecule has 0 N–H and O–H groups in total. The van der Waals surface area contributed by atoms with Crippen LogP contribution in [-0.4, -0.2) is 6.17 Å². The summed E-state index contributed by atoms with van der Waals surface area (Å²) < 4.78 is 6.59. The van der Waals surface area contributed by atoms with E-state index in [2.05, 4.69) is 135 Å². The molecule has 0 radical (unpaired) electrons. The van der Waals surface area contributed by atoms with Crippen molar-refractivity contribution in [3.63, 3.8) is 0 Å². The normalized spacial score (nSPS) is 16.5. The van der Waals surface area contributed by atoms with Gasteiger partial charge in [-0.3, -0.25) is 0 Å². The average molecular weight is 473 g/mol. The predicted octanol–water partition coefficient (Wildman–Crippen LogP) is 8.98. The minimum absolute atomic E-state index is 0.0487. The Kier molecular flexibility index (Phi) is 5.19. The van der Waals surface area contributed by atoms with E-state index in [-0.39, 0.29) is 11.6 Å². The van der Waals surface area contributed by atoms with Crippen LogP contribution in [0.2, 0.25) is 0 Å². The highest BCUT2D eigenvalue weighted by Gasteiger charge is 2.46. The van der Waals surface area contributed by atoms with Gasteiger partial charge >= 0.3 is 0 Å². The van der Waals surface area contributed by atoms with Gasteiger partial charge in [-0.05, 0) is 43.2 Å². The highest BCUT2D eigenvalue weighted by atomic mass is 16.3. The molecular weight excluding hydrogens is 440 g/mol. The average Bonchev–Trinajstić information content (AvgIpc) is 3.40. The Labute approximate surface area is 213 Å². The third-order valence-corrected chi connectivity index (χ3v) is 7.25. The topological polar surface area (TPSA) is 19.6 Å². The van der Waals surface area contributed by atoms with Crippen LogP contribution in [0.25, 0.3) is 27.6 Å². The predicted molar refractivity (Wildman–Crippen MR) is 152 cm³/mol. The van der Waals surface area contributed by atoms with Crippen LogP contribution in [0.1, 0.15) is 38.8 Å². The number of allylic oxidation sites excluding steroid dienone is 1. The van der Waals surface area contributed by atoms with Crippen LogP contribution in [0.15, 0.2) is 107 Å². The molecule has 180 valence electrons. The fourth-order valence-corrected chi connectivity index (χ4v) is 5.75. The molecule has 0 aliphatic carbocycles. The van der Waals surface area contributed by atoms with E-state index in [9.17, 15) is 0 Å². The molecule has 4 aromatic carbocycles. The molecule has 36 heavy (non-hydrogen) atoms. The zero-order valence-corrected chi connectivity index (χ0v) is 21.6. The molecule has 0 amide bonds. The van der Waals surface area contributed by atoms with Crippen molar-refractivity contribution < 1.29 is 4.42 Å². The van der Waals surface area contributed by atoms with E-state index in [1.54, 1.807) is 0 Å². The lowest BCUT2D eigenvalue weighted by atomic mass is 9.89. The van der Waals surface area contributed by atoms with Gasteiger partial charge in [-0.15, -0.1) is 0 Å². The van der Waals surface area contributed by atoms with Crippen LogP contribution in [-0.2, 0) is 0 Å². The van der Waals surface area contributed by atoms with Gasteiger partial charge in [0.2, 0.25) is 0 Å². The molecule has 0 bridgehead atoms. The monoisotopic (exact) mass is 472 g/mol. The van der Waals surface area contributed by atoms with E-state index in [1.165, 1.54) is 28.2 Å². The molecule has 0 saturated carbocycles. The van der Waals surface area contributed by atoms with Crippen LogP contribution >= 0.6 is 0 Å². The van der Waals surface area contributed by atoms with E-state index < -0.39 is 0 Å². The lowest BCUT2D eigenvalue weighted by Gasteiger charge is -2.43. The quantitative estimate of drug-likeness (QED) is 0.261. The van der Waals surface area contributed by atoms with Crippen molar-refractivity contribution in [1.29, 1.82) is 0 Å². The molecule has 3 nitrogen and oxygen atoms in total. The molecule has 6 rings (SSSR count). The number of nitrogens with zero attached hydrogens (tertiary/aromatic N) is 2. The molecule has 1 aliphatic heterocycles. The summed E-state index contributed by atoms with van der Waals surface area (Å²) in [6, 6.07) is 34.3. The highest BCUT2D eigenvalue weighted by Crippen LogP contribution is 2.50. The zero-order valence-electron chi connectivity index (χ0n) is 21.6. The van der Waals surface area contributed by atoms with Gasteiger partial charge in [0.05, 0.1) is 11.4 Å². The molecule has 3 heteroatoms. The molecule has 1 aromatic heterocycles. The summed E-state index contributed by atoms with van der Waals surface area (Å²) in [6.45, 7) is 11.4. The SMILES string of the molecule is CC1=C(c2ccccc2)N(c2ccccc2)C(C(C)(C)C)N1c1c(C)ccc2c1oc1ccccc12. The molecule has 1 aliphatic rings. The van der Waals surface area contributed by atoms with Crippen molar-refractivity contribution in [1.82, 2.24) is 0 Å². The summed E-state index contributed by atoms with van der Waals surface area (Å²) in [6.07, 6.45) is 0.0487. The van der Waals surface area contributed by atoms with E-state index in [0.29, 0.717) is 0 Å². The van der Waals surface area contributed by atoms with Crippen molar-refractivity contribution in [3.05, 3.63) is 114 Å². The summed E-state index contributed by atoms with van der Waals surface area (Å²) in [5, 5.41) is 2.32. The maximum Gasteiger partial charge on any atom is 0.159 e. The second-order valence-corrected chi connectivity index (χ2v) is 10.8. The lowest BCUT2D eigenvalue weighted by molar-refractivity contribution is 0.326. The lowest BCUT2D eigenvalue weighted by Crippen LogP contribution is -2.49. The van der Waals surface area contributed by atoms with Crippen LogP contribution < -0.4 is 9.80 Å². The number of hydrogen-bond donors (Lipinski definition) is 0. The molecular formula is C33H32N2O. The van der Waals surface area contributed by atoms with Crippen molar-refractivity contribution >= 4 is 39.0 Å². The van der Waals surface area contributed by atoms with Gasteiger partial charge in [0, 0.05) is 27.6 Å². The third kappa shape index (κ3) is 3.42. The first-order valence-corrected chi connectivity index (χ1v) is 12.7. The number of aryl methyl sites for hydroxylation is 1. The number of fused-ring (bicyclic) bond motifs is 3. The van der Waals surface area contributed by atoms with Gasteiger partial charge in [0.1, 0.15) is 11.7 Å². The number of rotatable bonds is 3. The number of furan rings is 1. The Hall–Kier alpha value is -3.98. The summed E-state index contributed by atoms with van der Waals surface area (Å²) in [5.41, 5.74) is 9.01. The molecule has 2 heterocycles. The second-order valence-electron chi connectivity index (χ2n) is 10.8. The fourth-order valence-electron chi connectivity index (χ4n) is 5.75. The van der Waals surface area contributed by atoms with E-state index in [4.69, 9.17) is 4.42 Å². The molecule has 0 spiro atoms.